The maximum atomic E-state index is 13.6. The molecule has 2 aromatic carbocycles. The van der Waals surface area contributed by atoms with Gasteiger partial charge in [-0.25, -0.2) is 18.9 Å². The van der Waals surface area contributed by atoms with Crippen molar-refractivity contribution in [1.29, 1.82) is 0 Å². The number of hydrogen-bond donors (Lipinski definition) is 2. The van der Waals surface area contributed by atoms with E-state index in [4.69, 9.17) is 8.77 Å². The van der Waals surface area contributed by atoms with Crippen LogP contribution in [0.25, 0.3) is 10.9 Å². The van der Waals surface area contributed by atoms with Crippen LogP contribution in [-0.4, -0.2) is 36.6 Å². The highest BCUT2D eigenvalue weighted by Crippen LogP contribution is 2.38. The van der Waals surface area contributed by atoms with Gasteiger partial charge in [-0.1, -0.05) is 20.8 Å². The Morgan fingerprint density at radius 3 is 2.32 bits per heavy atom. The van der Waals surface area contributed by atoms with Gasteiger partial charge in [0, 0.05) is 17.1 Å². The third-order valence-electron chi connectivity index (χ3n) is 5.75. The second-order valence-corrected chi connectivity index (χ2v) is 16.2. The molecule has 0 saturated carbocycles. The fourth-order valence-corrected chi connectivity index (χ4v) is 7.99. The van der Waals surface area contributed by atoms with Crippen LogP contribution in [0.1, 0.15) is 20.8 Å². The molecule has 1 atom stereocenters. The molecule has 1 heterocycles. The maximum absolute atomic E-state index is 13.6. The second-order valence-electron chi connectivity index (χ2n) is 8.88. The van der Waals surface area contributed by atoms with Crippen LogP contribution >= 0.6 is 0 Å². The van der Waals surface area contributed by atoms with Gasteiger partial charge < -0.3 is 10.1 Å². The number of methoxy groups -OCH3 is 1. The molecular weight excluding hydrogens is 426 g/mol. The number of nitrogens with zero attached hydrogens (tertiary/aromatic N) is 3. The van der Waals surface area contributed by atoms with E-state index in [1.54, 1.807) is 14.2 Å². The minimum atomic E-state index is -2.71. The van der Waals surface area contributed by atoms with Crippen LogP contribution in [-0.2, 0) is 9.92 Å². The zero-order valence-electron chi connectivity index (χ0n) is 19.2. The Labute approximate surface area is 186 Å². The minimum absolute atomic E-state index is 0.00472. The molecule has 166 valence electrons. The van der Waals surface area contributed by atoms with Gasteiger partial charge in [-0.2, -0.15) is 0 Å². The standard InChI is InChI=1S/C22H31N5O2SSi/c1-22(2,3)31(6,7)27-30(28,23-4)18-11-8-16(9-12-18)26-21-19-13-10-17(29-5)14-20(19)24-15-25-21/h8-15H,1-7H3,(H,23,27,28)(H,24,25,26). The first-order valence-corrected chi connectivity index (χ1v) is 14.6. The van der Waals surface area contributed by atoms with Crippen LogP contribution in [0.4, 0.5) is 11.5 Å². The summed E-state index contributed by atoms with van der Waals surface area (Å²) in [4.78, 5) is 9.36. The van der Waals surface area contributed by atoms with Crippen LogP contribution in [0.3, 0.4) is 0 Å². The molecule has 0 spiro atoms. The number of hydrogen-bond acceptors (Lipinski definition) is 6. The number of nitrogens with one attached hydrogen (secondary N) is 2. The van der Waals surface area contributed by atoms with E-state index >= 15 is 0 Å². The molecule has 0 aliphatic heterocycles. The molecule has 2 N–H and O–H groups in total. The van der Waals surface area contributed by atoms with Crippen molar-refractivity contribution < 1.29 is 8.95 Å². The van der Waals surface area contributed by atoms with E-state index in [1.165, 1.54) is 6.33 Å². The monoisotopic (exact) mass is 457 g/mol. The van der Waals surface area contributed by atoms with E-state index in [2.05, 4.69) is 53.9 Å². The molecule has 0 fully saturated rings. The summed E-state index contributed by atoms with van der Waals surface area (Å²) < 4.78 is 26.7. The molecular formula is C22H31N5O2SSi. The number of aromatic nitrogens is 2. The highest BCUT2D eigenvalue weighted by atomic mass is 32.2. The lowest BCUT2D eigenvalue weighted by atomic mass is 10.2. The smallest absolute Gasteiger partial charge is 0.195 e. The molecule has 3 rings (SSSR count). The molecule has 0 aliphatic carbocycles. The van der Waals surface area contributed by atoms with Crippen molar-refractivity contribution in [2.75, 3.05) is 19.5 Å². The number of benzene rings is 2. The Bertz CT molecular complexity index is 1200. The number of fused-ring (bicyclic) bond motifs is 1. The van der Waals surface area contributed by atoms with E-state index in [0.29, 0.717) is 10.7 Å². The Morgan fingerprint density at radius 1 is 1.06 bits per heavy atom. The molecule has 0 aliphatic rings. The zero-order valence-corrected chi connectivity index (χ0v) is 21.0. The summed E-state index contributed by atoms with van der Waals surface area (Å²) in [6, 6.07) is 13.2. The number of ether oxygens (including phenoxy) is 1. The molecule has 0 bridgehead atoms. The van der Waals surface area contributed by atoms with Gasteiger partial charge in [0.05, 0.1) is 17.5 Å². The number of anilines is 2. The summed E-state index contributed by atoms with van der Waals surface area (Å²) in [5.41, 5.74) is 1.63. The maximum Gasteiger partial charge on any atom is 0.195 e. The van der Waals surface area contributed by atoms with Crippen LogP contribution < -0.4 is 14.8 Å². The third kappa shape index (κ3) is 4.89. The van der Waals surface area contributed by atoms with Crippen molar-refractivity contribution in [3.05, 3.63) is 48.8 Å². The third-order valence-corrected chi connectivity index (χ3v) is 13.7. The predicted octanol–water partition coefficient (Wildman–Crippen LogP) is 5.35. The summed E-state index contributed by atoms with van der Waals surface area (Å²) in [6.07, 6.45) is 1.52. The first-order valence-electron chi connectivity index (χ1n) is 10.1. The van der Waals surface area contributed by atoms with Crippen LogP contribution in [0, 0.1) is 0 Å². The molecule has 3 aromatic rings. The van der Waals surface area contributed by atoms with E-state index in [-0.39, 0.29) is 5.04 Å². The van der Waals surface area contributed by atoms with Gasteiger partial charge in [0.1, 0.15) is 27.8 Å². The molecule has 9 heteroatoms. The minimum Gasteiger partial charge on any atom is -0.497 e. The summed E-state index contributed by atoms with van der Waals surface area (Å²) in [5, 5.41) is 4.22. The zero-order chi connectivity index (χ0) is 22.9. The fourth-order valence-electron chi connectivity index (χ4n) is 2.80. The molecule has 0 amide bonds. The highest BCUT2D eigenvalue weighted by Gasteiger charge is 2.37. The lowest BCUT2D eigenvalue weighted by Crippen LogP contribution is -2.38. The topological polar surface area (TPSA) is 88.5 Å². The molecule has 31 heavy (non-hydrogen) atoms. The SMILES string of the molecule is CNS(=O)(=N[Si](C)(C)C(C)(C)C)c1ccc(Nc2ncnc3cc(OC)ccc23)cc1. The molecule has 0 saturated heterocycles. The van der Waals surface area contributed by atoms with E-state index < -0.39 is 18.2 Å². The van der Waals surface area contributed by atoms with E-state index in [9.17, 15) is 4.21 Å². The highest BCUT2D eigenvalue weighted by molar-refractivity contribution is 7.92. The van der Waals surface area contributed by atoms with Gasteiger partial charge in [-0.3, -0.25) is 4.03 Å². The average molecular weight is 458 g/mol. The molecule has 0 radical (unpaired) electrons. The molecule has 7 nitrogen and oxygen atoms in total. The van der Waals surface area contributed by atoms with Crippen LogP contribution in [0.5, 0.6) is 5.75 Å². The van der Waals surface area contributed by atoms with Crippen LogP contribution in [0.2, 0.25) is 18.1 Å². The van der Waals surface area contributed by atoms with E-state index in [1.807, 2.05) is 42.5 Å². The Hall–Kier alpha value is -2.49. The van der Waals surface area contributed by atoms with Gasteiger partial charge >= 0.3 is 0 Å². The quantitative estimate of drug-likeness (QED) is 0.487. The lowest BCUT2D eigenvalue weighted by Gasteiger charge is -2.33. The van der Waals surface area contributed by atoms with Crippen molar-refractivity contribution in [3.63, 3.8) is 0 Å². The molecule has 1 unspecified atom stereocenters. The van der Waals surface area contributed by atoms with Gasteiger partial charge in [0.15, 0.2) is 8.24 Å². The Morgan fingerprint density at radius 2 is 1.74 bits per heavy atom. The second kappa shape index (κ2) is 8.56. The largest absolute Gasteiger partial charge is 0.497 e. The lowest BCUT2D eigenvalue weighted by molar-refractivity contribution is 0.415. The normalized spacial score (nSPS) is 14.2. The Kier molecular flexibility index (Phi) is 6.40. The van der Waals surface area contributed by atoms with Gasteiger partial charge in [0.25, 0.3) is 0 Å². The van der Waals surface area contributed by atoms with Gasteiger partial charge in [0.2, 0.25) is 0 Å². The fraction of sp³-hybridized carbons (Fsp3) is 0.364. The first kappa shape index (κ1) is 23.2. The van der Waals surface area contributed by atoms with Crippen molar-refractivity contribution in [1.82, 2.24) is 14.7 Å². The van der Waals surface area contributed by atoms with Crippen molar-refractivity contribution in [2.45, 2.75) is 43.8 Å². The summed E-state index contributed by atoms with van der Waals surface area (Å²) in [5.74, 6) is 1.44. The summed E-state index contributed by atoms with van der Waals surface area (Å²) in [7, 11) is -1.49. The summed E-state index contributed by atoms with van der Waals surface area (Å²) >= 11 is 0. The van der Waals surface area contributed by atoms with Crippen molar-refractivity contribution >= 4 is 40.6 Å². The molecule has 1 aromatic heterocycles. The van der Waals surface area contributed by atoms with Gasteiger partial charge in [-0.15, -0.1) is 0 Å². The first-order chi connectivity index (χ1) is 14.5. The average Bonchev–Trinajstić information content (AvgIpc) is 2.72. The van der Waals surface area contributed by atoms with Gasteiger partial charge in [-0.05, 0) is 61.6 Å². The van der Waals surface area contributed by atoms with E-state index in [0.717, 1.165) is 22.3 Å². The summed E-state index contributed by atoms with van der Waals surface area (Å²) in [6.45, 7) is 10.8. The van der Waals surface area contributed by atoms with Crippen molar-refractivity contribution in [2.24, 2.45) is 4.03 Å². The van der Waals surface area contributed by atoms with Crippen LogP contribution in [0.15, 0.2) is 57.7 Å². The number of rotatable bonds is 6. The van der Waals surface area contributed by atoms with Crippen molar-refractivity contribution in [3.8, 4) is 5.75 Å². The predicted molar refractivity (Wildman–Crippen MR) is 131 cm³/mol. The Balaban J connectivity index is 1.93.